The van der Waals surface area contributed by atoms with Gasteiger partial charge in [-0.25, -0.2) is 4.68 Å². The Balaban J connectivity index is 1.68. The highest BCUT2D eigenvalue weighted by Gasteiger charge is 2.37. The summed E-state index contributed by atoms with van der Waals surface area (Å²) in [5.74, 6) is -1.17. The smallest absolute Gasteiger partial charge is 0.346 e. The Morgan fingerprint density at radius 1 is 0.861 bits per heavy atom. The second-order valence-electron chi connectivity index (χ2n) is 7.75. The number of carbonyl (C=O) groups excluding carboxylic acids is 1. The van der Waals surface area contributed by atoms with Gasteiger partial charge in [-0.2, -0.15) is 31.4 Å². The molecule has 0 spiro atoms. The first kappa shape index (κ1) is 24.9. The maximum Gasteiger partial charge on any atom is 0.416 e. The molecule has 0 bridgehead atoms. The molecule has 186 valence electrons. The number of aromatic nitrogens is 3. The highest BCUT2D eigenvalue weighted by Crippen LogP contribution is 2.36. The van der Waals surface area contributed by atoms with E-state index in [1.807, 2.05) is 0 Å². The molecular weight excluding hydrogens is 490 g/mol. The molecule has 12 heteroatoms. The van der Waals surface area contributed by atoms with Crippen molar-refractivity contribution in [1.29, 1.82) is 0 Å². The molecule has 0 aliphatic rings. The van der Waals surface area contributed by atoms with Crippen molar-refractivity contribution in [3.8, 4) is 0 Å². The van der Waals surface area contributed by atoms with Gasteiger partial charge in [-0.05, 0) is 36.4 Å². The Labute approximate surface area is 199 Å². The zero-order valence-corrected chi connectivity index (χ0v) is 18.2. The normalized spacial score (nSPS) is 12.1. The van der Waals surface area contributed by atoms with Crippen LogP contribution in [0, 0.1) is 0 Å². The summed E-state index contributed by atoms with van der Waals surface area (Å²) in [6.45, 7) is -0.354. The molecule has 2 heterocycles. The molecule has 0 atom stereocenters. The van der Waals surface area contributed by atoms with Crippen molar-refractivity contribution in [3.63, 3.8) is 0 Å². The lowest BCUT2D eigenvalue weighted by molar-refractivity contribution is -0.143. The maximum absolute atomic E-state index is 13.1. The molecular formula is C24H16F6N4O2. The fraction of sp³-hybridized carbons (Fsp3) is 0.167. The van der Waals surface area contributed by atoms with E-state index < -0.39 is 40.5 Å². The number of amides is 1. The summed E-state index contributed by atoms with van der Waals surface area (Å²) in [7, 11) is 0. The minimum absolute atomic E-state index is 0.00796. The third-order valence-electron chi connectivity index (χ3n) is 5.25. The SMILES string of the molecule is O=C(NCc1nn(Cc2ccccn2)c(=O)c2ccccc12)c1cc(C(F)(F)F)cc(C(F)(F)F)c1. The van der Waals surface area contributed by atoms with E-state index >= 15 is 0 Å². The minimum Gasteiger partial charge on any atom is -0.346 e. The third-order valence-corrected chi connectivity index (χ3v) is 5.25. The number of halogens is 6. The molecule has 1 amide bonds. The minimum atomic E-state index is -5.09. The van der Waals surface area contributed by atoms with Crippen LogP contribution in [0.5, 0.6) is 0 Å². The van der Waals surface area contributed by atoms with Crippen molar-refractivity contribution >= 4 is 16.7 Å². The van der Waals surface area contributed by atoms with E-state index in [1.54, 1.807) is 42.5 Å². The highest BCUT2D eigenvalue weighted by atomic mass is 19.4. The fourth-order valence-corrected chi connectivity index (χ4v) is 3.54. The molecule has 0 aliphatic carbocycles. The van der Waals surface area contributed by atoms with Crippen LogP contribution in [0.15, 0.2) is 71.7 Å². The largest absolute Gasteiger partial charge is 0.416 e. The lowest BCUT2D eigenvalue weighted by Gasteiger charge is -2.15. The van der Waals surface area contributed by atoms with Gasteiger partial charge in [0.25, 0.3) is 11.5 Å². The van der Waals surface area contributed by atoms with Crippen molar-refractivity contribution in [2.45, 2.75) is 25.4 Å². The Bertz CT molecular complexity index is 1450. The molecule has 4 rings (SSSR count). The first-order valence-corrected chi connectivity index (χ1v) is 10.4. The van der Waals surface area contributed by atoms with Crippen molar-refractivity contribution in [3.05, 3.63) is 105 Å². The van der Waals surface area contributed by atoms with Gasteiger partial charge in [-0.15, -0.1) is 0 Å². The average molecular weight is 506 g/mol. The standard InChI is InChI=1S/C24H16F6N4O2/c25-23(26,27)15-9-14(10-16(11-15)24(28,29)30)21(35)32-12-20-18-6-1-2-7-19(18)22(36)34(33-20)13-17-5-3-4-8-31-17/h1-11H,12-13H2,(H,32,35). The zero-order valence-electron chi connectivity index (χ0n) is 18.2. The topological polar surface area (TPSA) is 76.9 Å². The van der Waals surface area contributed by atoms with E-state index in [-0.39, 0.29) is 30.2 Å². The molecule has 0 saturated carbocycles. The molecule has 0 saturated heterocycles. The number of hydrogen-bond acceptors (Lipinski definition) is 4. The van der Waals surface area contributed by atoms with E-state index in [9.17, 15) is 35.9 Å². The summed E-state index contributed by atoms with van der Waals surface area (Å²) in [5.41, 5.74) is -3.73. The summed E-state index contributed by atoms with van der Waals surface area (Å²) >= 11 is 0. The first-order chi connectivity index (χ1) is 16.9. The number of benzene rings is 2. The lowest BCUT2D eigenvalue weighted by atomic mass is 10.0. The molecule has 2 aromatic heterocycles. The number of carbonyl (C=O) groups is 1. The molecule has 0 unspecified atom stereocenters. The van der Waals surface area contributed by atoms with Crippen molar-refractivity contribution in [1.82, 2.24) is 20.1 Å². The summed E-state index contributed by atoms with van der Waals surface area (Å²) in [5, 5.41) is 7.22. The van der Waals surface area contributed by atoms with Gasteiger partial charge in [-0.1, -0.05) is 24.3 Å². The zero-order chi connectivity index (χ0) is 26.1. The van der Waals surface area contributed by atoms with Crippen LogP contribution in [0.4, 0.5) is 26.3 Å². The van der Waals surface area contributed by atoms with Gasteiger partial charge < -0.3 is 5.32 Å². The number of hydrogen-bond donors (Lipinski definition) is 1. The quantitative estimate of drug-likeness (QED) is 0.395. The molecule has 4 aromatic rings. The Morgan fingerprint density at radius 2 is 1.47 bits per heavy atom. The Kier molecular flexibility index (Phi) is 6.53. The molecule has 36 heavy (non-hydrogen) atoms. The van der Waals surface area contributed by atoms with Crippen molar-refractivity contribution < 1.29 is 31.1 Å². The van der Waals surface area contributed by atoms with Gasteiger partial charge >= 0.3 is 12.4 Å². The van der Waals surface area contributed by atoms with Gasteiger partial charge in [0.2, 0.25) is 0 Å². The van der Waals surface area contributed by atoms with Gasteiger partial charge in [-0.3, -0.25) is 14.6 Å². The van der Waals surface area contributed by atoms with Gasteiger partial charge in [0.1, 0.15) is 0 Å². The van der Waals surface area contributed by atoms with E-state index in [1.165, 1.54) is 6.20 Å². The molecule has 2 aromatic carbocycles. The Morgan fingerprint density at radius 3 is 2.06 bits per heavy atom. The second kappa shape index (κ2) is 9.44. The van der Waals surface area contributed by atoms with Crippen LogP contribution in [0.1, 0.15) is 32.9 Å². The lowest BCUT2D eigenvalue weighted by Crippen LogP contribution is -2.29. The van der Waals surface area contributed by atoms with Crippen LogP contribution in [-0.2, 0) is 25.4 Å². The predicted octanol–water partition coefficient (Wildman–Crippen LogP) is 4.81. The molecule has 0 aliphatic heterocycles. The van der Waals surface area contributed by atoms with Crippen LogP contribution in [0.25, 0.3) is 10.8 Å². The van der Waals surface area contributed by atoms with E-state index in [0.29, 0.717) is 23.2 Å². The van der Waals surface area contributed by atoms with Crippen LogP contribution >= 0.6 is 0 Å². The first-order valence-electron chi connectivity index (χ1n) is 10.4. The van der Waals surface area contributed by atoms with E-state index in [0.717, 1.165) is 4.68 Å². The monoisotopic (exact) mass is 506 g/mol. The number of alkyl halides is 6. The van der Waals surface area contributed by atoms with Gasteiger partial charge in [0.05, 0.1) is 41.0 Å². The summed E-state index contributed by atoms with van der Waals surface area (Å²) in [6.07, 6.45) is -8.64. The van der Waals surface area contributed by atoms with Crippen LogP contribution in [0.2, 0.25) is 0 Å². The van der Waals surface area contributed by atoms with Crippen LogP contribution in [-0.4, -0.2) is 20.7 Å². The van der Waals surface area contributed by atoms with Gasteiger partial charge in [0, 0.05) is 17.1 Å². The van der Waals surface area contributed by atoms with Crippen LogP contribution < -0.4 is 10.9 Å². The van der Waals surface area contributed by atoms with Crippen LogP contribution in [0.3, 0.4) is 0 Å². The summed E-state index contributed by atoms with van der Waals surface area (Å²) in [6, 6.07) is 12.1. The number of fused-ring (bicyclic) bond motifs is 1. The Hall–Kier alpha value is -4.22. The maximum atomic E-state index is 13.1. The van der Waals surface area contributed by atoms with Crippen molar-refractivity contribution in [2.24, 2.45) is 0 Å². The molecule has 1 N–H and O–H groups in total. The van der Waals surface area contributed by atoms with E-state index in [4.69, 9.17) is 0 Å². The summed E-state index contributed by atoms with van der Waals surface area (Å²) < 4.78 is 80.0. The fourth-order valence-electron chi connectivity index (χ4n) is 3.54. The molecule has 0 radical (unpaired) electrons. The average Bonchev–Trinajstić information content (AvgIpc) is 2.84. The third kappa shape index (κ3) is 5.37. The van der Waals surface area contributed by atoms with E-state index in [2.05, 4.69) is 15.4 Å². The highest BCUT2D eigenvalue weighted by molar-refractivity contribution is 5.95. The number of rotatable bonds is 5. The molecule has 6 nitrogen and oxygen atoms in total. The number of nitrogens with zero attached hydrogens (tertiary/aromatic N) is 3. The number of nitrogens with one attached hydrogen (secondary N) is 1. The number of pyridine rings is 1. The predicted molar refractivity (Wildman–Crippen MR) is 117 cm³/mol. The summed E-state index contributed by atoms with van der Waals surface area (Å²) in [4.78, 5) is 29.6. The van der Waals surface area contributed by atoms with Gasteiger partial charge in [0.15, 0.2) is 0 Å². The van der Waals surface area contributed by atoms with Crippen molar-refractivity contribution in [2.75, 3.05) is 0 Å². The second-order valence-corrected chi connectivity index (χ2v) is 7.75. The molecule has 0 fully saturated rings.